The predicted octanol–water partition coefficient (Wildman–Crippen LogP) is 2.20. The molecule has 2 aliphatic rings. The highest BCUT2D eigenvalue weighted by Crippen LogP contribution is 2.36. The largest absolute Gasteiger partial charge is 0.368 e. The summed E-state index contributed by atoms with van der Waals surface area (Å²) in [5, 5.41) is 3.53. The van der Waals surface area contributed by atoms with Crippen LogP contribution in [0, 0.1) is 11.8 Å². The van der Waals surface area contributed by atoms with E-state index < -0.39 is 5.54 Å². The summed E-state index contributed by atoms with van der Waals surface area (Å²) < 4.78 is 0. The Labute approximate surface area is 105 Å². The monoisotopic (exact) mass is 238 g/mol. The summed E-state index contributed by atoms with van der Waals surface area (Å²) in [6, 6.07) is 0.554. The molecular formula is C14H26N2O. The number of hydrogen-bond acceptors (Lipinski definition) is 2. The van der Waals surface area contributed by atoms with E-state index in [2.05, 4.69) is 19.2 Å². The van der Waals surface area contributed by atoms with Crippen molar-refractivity contribution < 1.29 is 4.79 Å². The molecule has 3 N–H and O–H groups in total. The topological polar surface area (TPSA) is 55.1 Å². The highest BCUT2D eigenvalue weighted by molar-refractivity contribution is 5.84. The molecule has 2 unspecified atom stereocenters. The lowest BCUT2D eigenvalue weighted by molar-refractivity contribution is -0.125. The summed E-state index contributed by atoms with van der Waals surface area (Å²) in [6.45, 7) is 4.58. The first-order valence-corrected chi connectivity index (χ1v) is 7.11. The number of hydrogen-bond donors (Lipinski definition) is 2. The molecule has 0 aromatic heterocycles. The van der Waals surface area contributed by atoms with Gasteiger partial charge >= 0.3 is 0 Å². The maximum absolute atomic E-state index is 11.8. The minimum absolute atomic E-state index is 0.131. The second-order valence-electron chi connectivity index (χ2n) is 6.30. The Morgan fingerprint density at radius 2 is 1.94 bits per heavy atom. The first-order chi connectivity index (χ1) is 8.03. The van der Waals surface area contributed by atoms with Crippen molar-refractivity contribution in [2.45, 2.75) is 70.4 Å². The normalized spacial score (nSPS) is 34.6. The molecule has 3 heteroatoms. The highest BCUT2D eigenvalue weighted by Gasteiger charge is 2.42. The number of primary amides is 1. The third-order valence-electron chi connectivity index (χ3n) is 4.59. The Kier molecular flexibility index (Phi) is 3.76. The minimum Gasteiger partial charge on any atom is -0.368 e. The Balaban J connectivity index is 2.03. The predicted molar refractivity (Wildman–Crippen MR) is 69.5 cm³/mol. The van der Waals surface area contributed by atoms with Gasteiger partial charge in [0, 0.05) is 6.04 Å². The lowest BCUT2D eigenvalue weighted by Gasteiger charge is -2.31. The minimum atomic E-state index is -0.398. The third-order valence-corrected chi connectivity index (χ3v) is 4.59. The molecule has 0 heterocycles. The fourth-order valence-corrected chi connectivity index (χ4v) is 3.11. The van der Waals surface area contributed by atoms with Crippen LogP contribution >= 0.6 is 0 Å². The van der Waals surface area contributed by atoms with Gasteiger partial charge in [0.2, 0.25) is 5.91 Å². The van der Waals surface area contributed by atoms with Crippen LogP contribution in [-0.4, -0.2) is 17.5 Å². The van der Waals surface area contributed by atoms with Crippen LogP contribution in [-0.2, 0) is 4.79 Å². The summed E-state index contributed by atoms with van der Waals surface area (Å²) in [6.07, 6.45) is 7.81. The van der Waals surface area contributed by atoms with Crippen LogP contribution in [0.4, 0.5) is 0 Å². The van der Waals surface area contributed by atoms with Gasteiger partial charge in [-0.15, -0.1) is 0 Å². The van der Waals surface area contributed by atoms with Crippen molar-refractivity contribution in [1.29, 1.82) is 0 Å². The lowest BCUT2D eigenvalue weighted by atomic mass is 9.86. The molecule has 0 spiro atoms. The fraction of sp³-hybridized carbons (Fsp3) is 0.929. The van der Waals surface area contributed by atoms with Gasteiger partial charge in [-0.05, 0) is 43.9 Å². The summed E-state index contributed by atoms with van der Waals surface area (Å²) in [5.41, 5.74) is 5.27. The summed E-state index contributed by atoms with van der Waals surface area (Å²) in [7, 11) is 0. The number of nitrogens with two attached hydrogens (primary N) is 1. The van der Waals surface area contributed by atoms with Gasteiger partial charge in [-0.1, -0.05) is 26.7 Å². The van der Waals surface area contributed by atoms with Crippen LogP contribution in [0.1, 0.15) is 58.8 Å². The second-order valence-corrected chi connectivity index (χ2v) is 6.30. The van der Waals surface area contributed by atoms with E-state index in [9.17, 15) is 4.79 Å². The van der Waals surface area contributed by atoms with Crippen molar-refractivity contribution in [3.05, 3.63) is 0 Å². The average Bonchev–Trinajstić information content (AvgIpc) is 3.05. The van der Waals surface area contributed by atoms with E-state index in [0.29, 0.717) is 6.04 Å². The fourth-order valence-electron chi connectivity index (χ4n) is 3.11. The van der Waals surface area contributed by atoms with Gasteiger partial charge in [-0.25, -0.2) is 0 Å². The van der Waals surface area contributed by atoms with E-state index in [1.54, 1.807) is 0 Å². The zero-order chi connectivity index (χ0) is 12.5. The summed E-state index contributed by atoms with van der Waals surface area (Å²) in [5.74, 6) is 1.35. The second kappa shape index (κ2) is 4.97. The molecule has 2 aliphatic carbocycles. The van der Waals surface area contributed by atoms with Crippen molar-refractivity contribution >= 4 is 5.91 Å². The van der Waals surface area contributed by atoms with E-state index in [1.807, 2.05) is 0 Å². The van der Waals surface area contributed by atoms with Crippen molar-refractivity contribution in [2.24, 2.45) is 17.6 Å². The Bertz CT molecular complexity index is 286. The maximum atomic E-state index is 11.8. The van der Waals surface area contributed by atoms with E-state index in [1.165, 1.54) is 19.3 Å². The number of nitrogens with one attached hydrogen (secondary N) is 1. The zero-order valence-electron chi connectivity index (χ0n) is 11.2. The smallest absolute Gasteiger partial charge is 0.237 e. The molecule has 2 atom stereocenters. The number of carbonyl (C=O) groups excluding carboxylic acids is 1. The number of amides is 1. The van der Waals surface area contributed by atoms with Gasteiger partial charge in [0.05, 0.1) is 5.54 Å². The molecule has 3 nitrogen and oxygen atoms in total. The van der Waals surface area contributed by atoms with Crippen LogP contribution in [0.15, 0.2) is 0 Å². The van der Waals surface area contributed by atoms with Gasteiger partial charge in [0.1, 0.15) is 0 Å². The zero-order valence-corrected chi connectivity index (χ0v) is 11.2. The third kappa shape index (κ3) is 3.01. The Hall–Kier alpha value is -0.570. The van der Waals surface area contributed by atoms with Gasteiger partial charge in [-0.3, -0.25) is 4.79 Å². The molecule has 0 aromatic rings. The van der Waals surface area contributed by atoms with Crippen LogP contribution in [0.2, 0.25) is 0 Å². The maximum Gasteiger partial charge on any atom is 0.237 e. The number of rotatable bonds is 4. The highest BCUT2D eigenvalue weighted by atomic mass is 16.1. The quantitative estimate of drug-likeness (QED) is 0.738. The summed E-state index contributed by atoms with van der Waals surface area (Å²) >= 11 is 0. The molecule has 0 aromatic carbocycles. The number of carbonyl (C=O) groups is 1. The van der Waals surface area contributed by atoms with Gasteiger partial charge in [0.15, 0.2) is 0 Å². The molecule has 98 valence electrons. The molecule has 1 amide bonds. The molecule has 2 saturated carbocycles. The van der Waals surface area contributed by atoms with Crippen LogP contribution in [0.5, 0.6) is 0 Å². The van der Waals surface area contributed by atoms with E-state index in [0.717, 1.165) is 37.5 Å². The summed E-state index contributed by atoms with van der Waals surface area (Å²) in [4.78, 5) is 11.8. The van der Waals surface area contributed by atoms with E-state index in [-0.39, 0.29) is 5.91 Å². The molecule has 17 heavy (non-hydrogen) atoms. The van der Waals surface area contributed by atoms with E-state index >= 15 is 0 Å². The molecule has 0 bridgehead atoms. The van der Waals surface area contributed by atoms with Crippen molar-refractivity contribution in [3.63, 3.8) is 0 Å². The van der Waals surface area contributed by atoms with Gasteiger partial charge in [-0.2, -0.15) is 0 Å². The van der Waals surface area contributed by atoms with Crippen LogP contribution < -0.4 is 11.1 Å². The molecular weight excluding hydrogens is 212 g/mol. The van der Waals surface area contributed by atoms with Crippen LogP contribution in [0.3, 0.4) is 0 Å². The van der Waals surface area contributed by atoms with Crippen molar-refractivity contribution in [3.8, 4) is 0 Å². The Morgan fingerprint density at radius 1 is 1.24 bits per heavy atom. The lowest BCUT2D eigenvalue weighted by Crippen LogP contribution is -2.56. The molecule has 0 saturated heterocycles. The standard InChI is InChI=1S/C14H26N2O/c1-10(2)11-4-3-8-14(9-7-11,13(15)17)16-12-5-6-12/h10-12,16H,3-9H2,1-2H3,(H2,15,17). The molecule has 2 rings (SSSR count). The average molecular weight is 238 g/mol. The molecule has 0 radical (unpaired) electrons. The first-order valence-electron chi connectivity index (χ1n) is 7.11. The first kappa shape index (κ1) is 12.9. The van der Waals surface area contributed by atoms with Crippen molar-refractivity contribution in [2.75, 3.05) is 0 Å². The van der Waals surface area contributed by atoms with Crippen molar-refractivity contribution in [1.82, 2.24) is 5.32 Å². The van der Waals surface area contributed by atoms with Gasteiger partial charge in [0.25, 0.3) is 0 Å². The molecule has 0 aliphatic heterocycles. The Morgan fingerprint density at radius 3 is 2.47 bits per heavy atom. The van der Waals surface area contributed by atoms with Crippen LogP contribution in [0.25, 0.3) is 0 Å². The SMILES string of the molecule is CC(C)C1CCCC(NC2CC2)(C(N)=O)CC1. The van der Waals surface area contributed by atoms with Gasteiger partial charge < -0.3 is 11.1 Å². The van der Waals surface area contributed by atoms with E-state index in [4.69, 9.17) is 5.73 Å². The molecule has 2 fully saturated rings.